The largest absolute Gasteiger partial charge is 0.394 e. The van der Waals surface area contributed by atoms with Crippen LogP contribution in [-0.4, -0.2) is 24.4 Å². The van der Waals surface area contributed by atoms with Crippen molar-refractivity contribution in [2.24, 2.45) is 0 Å². The standard InChI is InChI=1S/C9H20O2/c1-3-4-5-6-9(2)11-8-7-10/h9-10H,3-8H2,1-2H3. The van der Waals surface area contributed by atoms with Gasteiger partial charge >= 0.3 is 0 Å². The second-order valence-corrected chi connectivity index (χ2v) is 2.90. The number of rotatable bonds is 7. The van der Waals surface area contributed by atoms with Crippen molar-refractivity contribution in [2.45, 2.75) is 45.6 Å². The van der Waals surface area contributed by atoms with E-state index in [0.29, 0.717) is 12.7 Å². The van der Waals surface area contributed by atoms with Gasteiger partial charge in [-0.1, -0.05) is 26.2 Å². The smallest absolute Gasteiger partial charge is 0.0701 e. The summed E-state index contributed by atoms with van der Waals surface area (Å²) in [6.45, 7) is 4.87. The van der Waals surface area contributed by atoms with E-state index in [1.54, 1.807) is 0 Å². The van der Waals surface area contributed by atoms with Crippen molar-refractivity contribution in [3.8, 4) is 0 Å². The molecule has 0 radical (unpaired) electrons. The maximum Gasteiger partial charge on any atom is 0.0701 e. The van der Waals surface area contributed by atoms with Crippen LogP contribution in [0.1, 0.15) is 39.5 Å². The van der Waals surface area contributed by atoms with Crippen molar-refractivity contribution in [3.63, 3.8) is 0 Å². The van der Waals surface area contributed by atoms with Crippen molar-refractivity contribution in [2.75, 3.05) is 13.2 Å². The molecule has 68 valence electrons. The summed E-state index contributed by atoms with van der Waals surface area (Å²) < 4.78 is 5.29. The molecule has 1 atom stereocenters. The quantitative estimate of drug-likeness (QED) is 0.577. The van der Waals surface area contributed by atoms with E-state index in [1.807, 2.05) is 0 Å². The monoisotopic (exact) mass is 160 g/mol. The lowest BCUT2D eigenvalue weighted by Gasteiger charge is -2.10. The van der Waals surface area contributed by atoms with Gasteiger partial charge in [0.2, 0.25) is 0 Å². The first kappa shape index (κ1) is 10.9. The summed E-state index contributed by atoms with van der Waals surface area (Å²) in [6, 6.07) is 0. The van der Waals surface area contributed by atoms with Gasteiger partial charge in [-0.3, -0.25) is 0 Å². The molecule has 2 nitrogen and oxygen atoms in total. The minimum absolute atomic E-state index is 0.137. The molecule has 0 amide bonds. The van der Waals surface area contributed by atoms with E-state index in [1.165, 1.54) is 19.3 Å². The number of ether oxygens (including phenoxy) is 1. The molecule has 0 fully saturated rings. The van der Waals surface area contributed by atoms with Crippen LogP contribution in [0.4, 0.5) is 0 Å². The Kier molecular flexibility index (Phi) is 7.96. The maximum atomic E-state index is 8.46. The van der Waals surface area contributed by atoms with E-state index >= 15 is 0 Å². The highest BCUT2D eigenvalue weighted by atomic mass is 16.5. The summed E-state index contributed by atoms with van der Waals surface area (Å²) >= 11 is 0. The van der Waals surface area contributed by atoms with Gasteiger partial charge < -0.3 is 9.84 Å². The third-order valence-corrected chi connectivity index (χ3v) is 1.71. The first-order valence-corrected chi connectivity index (χ1v) is 4.53. The van der Waals surface area contributed by atoms with Crippen LogP contribution >= 0.6 is 0 Å². The van der Waals surface area contributed by atoms with E-state index < -0.39 is 0 Å². The number of aliphatic hydroxyl groups is 1. The third kappa shape index (κ3) is 7.82. The number of hydrogen-bond acceptors (Lipinski definition) is 2. The number of aliphatic hydroxyl groups excluding tert-OH is 1. The van der Waals surface area contributed by atoms with Crippen molar-refractivity contribution in [1.29, 1.82) is 0 Å². The zero-order chi connectivity index (χ0) is 8.53. The lowest BCUT2D eigenvalue weighted by molar-refractivity contribution is 0.0334. The Morgan fingerprint density at radius 3 is 2.64 bits per heavy atom. The van der Waals surface area contributed by atoms with Gasteiger partial charge in [-0.2, -0.15) is 0 Å². The predicted octanol–water partition coefficient (Wildman–Crippen LogP) is 1.96. The second kappa shape index (κ2) is 8.02. The molecule has 0 rings (SSSR count). The highest BCUT2D eigenvalue weighted by Crippen LogP contribution is 2.05. The normalized spacial score (nSPS) is 13.4. The Bertz CT molecular complexity index is 74.0. The highest BCUT2D eigenvalue weighted by molar-refractivity contribution is 4.50. The van der Waals surface area contributed by atoms with Gasteiger partial charge in [-0.05, 0) is 13.3 Å². The molecule has 0 saturated carbocycles. The van der Waals surface area contributed by atoms with Crippen LogP contribution in [0.15, 0.2) is 0 Å². The van der Waals surface area contributed by atoms with Gasteiger partial charge in [-0.25, -0.2) is 0 Å². The van der Waals surface area contributed by atoms with Crippen molar-refractivity contribution >= 4 is 0 Å². The fraction of sp³-hybridized carbons (Fsp3) is 1.00. The van der Waals surface area contributed by atoms with Crippen LogP contribution in [-0.2, 0) is 4.74 Å². The Hall–Kier alpha value is -0.0800. The minimum Gasteiger partial charge on any atom is -0.394 e. The molecule has 0 aromatic heterocycles. The van der Waals surface area contributed by atoms with Crippen LogP contribution in [0.5, 0.6) is 0 Å². The maximum absolute atomic E-state index is 8.46. The van der Waals surface area contributed by atoms with E-state index in [0.717, 1.165) is 6.42 Å². The highest BCUT2D eigenvalue weighted by Gasteiger charge is 1.99. The Morgan fingerprint density at radius 1 is 1.36 bits per heavy atom. The summed E-state index contributed by atoms with van der Waals surface area (Å²) in [5, 5.41) is 8.46. The molecule has 0 aromatic carbocycles. The fourth-order valence-corrected chi connectivity index (χ4v) is 1.02. The lowest BCUT2D eigenvalue weighted by atomic mass is 10.1. The molecule has 1 N–H and O–H groups in total. The summed E-state index contributed by atoms with van der Waals surface area (Å²) in [5.74, 6) is 0. The van der Waals surface area contributed by atoms with Crippen LogP contribution < -0.4 is 0 Å². The molecule has 0 bridgehead atoms. The SMILES string of the molecule is CCCCCC(C)OCCO. The zero-order valence-electron chi connectivity index (χ0n) is 7.68. The predicted molar refractivity (Wildman–Crippen MR) is 46.6 cm³/mol. The molecule has 0 aliphatic rings. The average molecular weight is 160 g/mol. The average Bonchev–Trinajstić information content (AvgIpc) is 2.01. The lowest BCUT2D eigenvalue weighted by Crippen LogP contribution is -2.10. The molecule has 0 spiro atoms. The van der Waals surface area contributed by atoms with Gasteiger partial charge in [0.25, 0.3) is 0 Å². The number of unbranched alkanes of at least 4 members (excludes halogenated alkanes) is 2. The Labute approximate surface area is 69.6 Å². The zero-order valence-corrected chi connectivity index (χ0v) is 7.68. The molecule has 0 aliphatic carbocycles. The summed E-state index contributed by atoms with van der Waals surface area (Å²) in [4.78, 5) is 0. The molecular weight excluding hydrogens is 140 g/mol. The van der Waals surface area contributed by atoms with Crippen molar-refractivity contribution in [1.82, 2.24) is 0 Å². The van der Waals surface area contributed by atoms with Crippen LogP contribution in [0.3, 0.4) is 0 Å². The van der Waals surface area contributed by atoms with E-state index in [9.17, 15) is 0 Å². The summed E-state index contributed by atoms with van der Waals surface area (Å²) in [6.07, 6.45) is 5.21. The van der Waals surface area contributed by atoms with Crippen LogP contribution in [0, 0.1) is 0 Å². The first-order chi connectivity index (χ1) is 5.31. The molecule has 0 heterocycles. The van der Waals surface area contributed by atoms with E-state index in [2.05, 4.69) is 13.8 Å². The Balaban J connectivity index is 3.02. The topological polar surface area (TPSA) is 29.5 Å². The van der Waals surface area contributed by atoms with Gasteiger partial charge in [0.1, 0.15) is 0 Å². The molecule has 1 unspecified atom stereocenters. The second-order valence-electron chi connectivity index (χ2n) is 2.90. The molecule has 0 aromatic rings. The van der Waals surface area contributed by atoms with E-state index in [-0.39, 0.29) is 6.61 Å². The molecule has 0 aliphatic heterocycles. The summed E-state index contributed by atoms with van der Waals surface area (Å²) in [5.41, 5.74) is 0. The molecule has 0 saturated heterocycles. The third-order valence-electron chi connectivity index (χ3n) is 1.71. The summed E-state index contributed by atoms with van der Waals surface area (Å²) in [7, 11) is 0. The molecular formula is C9H20O2. The van der Waals surface area contributed by atoms with Gasteiger partial charge in [-0.15, -0.1) is 0 Å². The first-order valence-electron chi connectivity index (χ1n) is 4.53. The molecule has 11 heavy (non-hydrogen) atoms. The van der Waals surface area contributed by atoms with Crippen LogP contribution in [0.25, 0.3) is 0 Å². The van der Waals surface area contributed by atoms with Crippen LogP contribution in [0.2, 0.25) is 0 Å². The Morgan fingerprint density at radius 2 is 2.09 bits per heavy atom. The molecule has 2 heteroatoms. The minimum atomic E-state index is 0.137. The van der Waals surface area contributed by atoms with Crippen molar-refractivity contribution in [3.05, 3.63) is 0 Å². The van der Waals surface area contributed by atoms with Gasteiger partial charge in [0.15, 0.2) is 0 Å². The van der Waals surface area contributed by atoms with Gasteiger partial charge in [0.05, 0.1) is 19.3 Å². The van der Waals surface area contributed by atoms with E-state index in [4.69, 9.17) is 9.84 Å². The van der Waals surface area contributed by atoms with Gasteiger partial charge in [0, 0.05) is 0 Å². The number of hydrogen-bond donors (Lipinski definition) is 1. The van der Waals surface area contributed by atoms with Crippen molar-refractivity contribution < 1.29 is 9.84 Å². The fourth-order valence-electron chi connectivity index (χ4n) is 1.02.